The van der Waals surface area contributed by atoms with E-state index in [4.69, 9.17) is 26.1 Å². The number of nitrogens with one attached hydrogen (secondary N) is 3. The molecule has 66 heavy (non-hydrogen) atoms. The second-order valence-electron chi connectivity index (χ2n) is 18.0. The number of nitrogens with zero attached hydrogens (tertiary/aromatic N) is 7. The van der Waals surface area contributed by atoms with E-state index in [1.807, 2.05) is 24.3 Å². The number of carbonyl (C=O) groups is 4. The van der Waals surface area contributed by atoms with Crippen LogP contribution in [0.3, 0.4) is 0 Å². The maximum absolute atomic E-state index is 13.4. The highest BCUT2D eigenvalue weighted by Crippen LogP contribution is 2.42. The number of anilines is 2. The first kappa shape index (κ1) is 42.9. The van der Waals surface area contributed by atoms with Gasteiger partial charge in [-0.25, -0.2) is 0 Å². The number of pyridine rings is 1. The van der Waals surface area contributed by atoms with Crippen molar-refractivity contribution in [3.63, 3.8) is 0 Å². The first-order valence-corrected chi connectivity index (χ1v) is 22.8. The number of likely N-dealkylation sites (tertiary alicyclic amines) is 1. The zero-order valence-electron chi connectivity index (χ0n) is 36.8. The van der Waals surface area contributed by atoms with Crippen molar-refractivity contribution in [3.05, 3.63) is 71.4 Å². The van der Waals surface area contributed by atoms with Crippen LogP contribution in [0.25, 0.3) is 32.9 Å². The molecule has 2 aromatic heterocycles. The number of carbonyl (C=O) groups excluding carboxylic acids is 4. The molecule has 340 valence electrons. The van der Waals surface area contributed by atoms with Gasteiger partial charge in [0.05, 0.1) is 5.39 Å². The van der Waals surface area contributed by atoms with Crippen molar-refractivity contribution in [3.8, 4) is 41.1 Å². The van der Waals surface area contributed by atoms with E-state index in [1.165, 1.54) is 4.90 Å². The van der Waals surface area contributed by atoms with E-state index >= 15 is 0 Å². The maximum atomic E-state index is 13.4. The van der Waals surface area contributed by atoms with E-state index in [-0.39, 0.29) is 72.1 Å². The average molecular weight is 893 g/mol. The zero-order valence-corrected chi connectivity index (χ0v) is 36.8. The van der Waals surface area contributed by atoms with E-state index in [1.54, 1.807) is 42.4 Å². The fraction of sp³-hybridized carbons (Fsp3) is 0.408. The van der Waals surface area contributed by atoms with Gasteiger partial charge in [0.15, 0.2) is 5.75 Å². The van der Waals surface area contributed by atoms with Gasteiger partial charge >= 0.3 is 6.01 Å². The summed E-state index contributed by atoms with van der Waals surface area (Å²) in [7, 11) is 1.78. The highest BCUT2D eigenvalue weighted by Gasteiger charge is 2.40. The Bertz CT molecular complexity index is 2820. The van der Waals surface area contributed by atoms with Gasteiger partial charge in [0.25, 0.3) is 5.91 Å². The maximum Gasteiger partial charge on any atom is 0.319 e. The van der Waals surface area contributed by atoms with Gasteiger partial charge < -0.3 is 40.3 Å². The Morgan fingerprint density at radius 1 is 1.03 bits per heavy atom. The molecule has 5 aromatic rings. The Hall–Kier alpha value is -7.03. The fourth-order valence-corrected chi connectivity index (χ4v) is 10.4. The van der Waals surface area contributed by atoms with E-state index in [2.05, 4.69) is 31.7 Å². The number of fused-ring (bicyclic) bond motifs is 5. The SMILES string of the molecule is C#Cc1cccc2cc(O)cc(-c3ncc4c(N5CC6CCC(C5)N6)nc(OCC5CCCN5CCC(=O)N(C)CCNc5cccc6c5CN(C5CCC(=O)NC5=O)C6=O)nc4c3O)c12. The average Bonchev–Trinajstić information content (AvgIpc) is 4.02. The number of imide groups is 1. The molecule has 7 heterocycles. The number of amides is 4. The number of hydrogen-bond donors (Lipinski definition) is 5. The van der Waals surface area contributed by atoms with Gasteiger partial charge in [-0.05, 0) is 74.4 Å². The summed E-state index contributed by atoms with van der Waals surface area (Å²) in [6.45, 7) is 4.29. The second kappa shape index (κ2) is 17.7. The summed E-state index contributed by atoms with van der Waals surface area (Å²) in [5.41, 5.74) is 3.70. The summed E-state index contributed by atoms with van der Waals surface area (Å²) in [6, 6.07) is 14.2. The molecule has 4 unspecified atom stereocenters. The van der Waals surface area contributed by atoms with Crippen LogP contribution in [-0.2, 0) is 20.9 Å². The molecule has 0 spiro atoms. The number of terminal acetylenes is 1. The Morgan fingerprint density at radius 3 is 2.65 bits per heavy atom. The Labute approximate surface area is 381 Å². The fourth-order valence-electron chi connectivity index (χ4n) is 10.4. The normalized spacial score (nSPS) is 21.6. The number of ether oxygens (including phenoxy) is 1. The molecule has 2 bridgehead atoms. The number of likely N-dealkylation sites (N-methyl/N-ethyl adjacent to an activating group) is 1. The molecule has 17 nitrogen and oxygen atoms in total. The lowest BCUT2D eigenvalue weighted by molar-refractivity contribution is -0.137. The number of piperidine rings is 1. The van der Waals surface area contributed by atoms with E-state index in [0.717, 1.165) is 56.6 Å². The van der Waals surface area contributed by atoms with E-state index in [9.17, 15) is 29.4 Å². The monoisotopic (exact) mass is 892 g/mol. The van der Waals surface area contributed by atoms with Crippen LogP contribution in [0, 0.1) is 12.3 Å². The highest BCUT2D eigenvalue weighted by atomic mass is 16.5. The van der Waals surface area contributed by atoms with Crippen LogP contribution >= 0.6 is 0 Å². The third-order valence-corrected chi connectivity index (χ3v) is 13.9. The Balaban J connectivity index is 0.802. The molecule has 10 rings (SSSR count). The number of piperazine rings is 1. The molecular formula is C49H52N10O7. The number of aromatic nitrogens is 3. The Morgan fingerprint density at radius 2 is 1.85 bits per heavy atom. The molecule has 0 saturated carbocycles. The van der Waals surface area contributed by atoms with Crippen LogP contribution in [0.5, 0.6) is 17.5 Å². The van der Waals surface area contributed by atoms with Crippen LogP contribution in [0.1, 0.15) is 66.4 Å². The number of phenolic OH excluding ortho intramolecular Hbond substituents is 1. The third kappa shape index (κ3) is 8.15. The lowest BCUT2D eigenvalue weighted by Crippen LogP contribution is -2.52. The van der Waals surface area contributed by atoms with Crippen molar-refractivity contribution in [1.82, 2.24) is 40.3 Å². The summed E-state index contributed by atoms with van der Waals surface area (Å²) < 4.78 is 6.43. The van der Waals surface area contributed by atoms with E-state index < -0.39 is 11.9 Å². The minimum Gasteiger partial charge on any atom is -0.508 e. The summed E-state index contributed by atoms with van der Waals surface area (Å²) in [5, 5.41) is 34.2. The highest BCUT2D eigenvalue weighted by molar-refractivity contribution is 6.07. The molecule has 4 saturated heterocycles. The first-order valence-electron chi connectivity index (χ1n) is 22.8. The molecule has 17 heteroatoms. The molecule has 4 fully saturated rings. The van der Waals surface area contributed by atoms with Gasteiger partial charge in [0.1, 0.15) is 35.4 Å². The lowest BCUT2D eigenvalue weighted by atomic mass is 9.96. The van der Waals surface area contributed by atoms with Crippen molar-refractivity contribution in [2.24, 2.45) is 0 Å². The predicted molar refractivity (Wildman–Crippen MR) is 247 cm³/mol. The number of benzene rings is 3. The van der Waals surface area contributed by atoms with Crippen molar-refractivity contribution in [2.75, 3.05) is 63.1 Å². The van der Waals surface area contributed by atoms with Crippen molar-refractivity contribution >= 4 is 56.8 Å². The number of rotatable bonds is 13. The summed E-state index contributed by atoms with van der Waals surface area (Å²) in [6.07, 6.45) is 12.4. The minimum absolute atomic E-state index is 0.00197. The lowest BCUT2D eigenvalue weighted by Gasteiger charge is -2.34. The molecule has 5 N–H and O–H groups in total. The standard InChI is InChI=1S/C49H52N10O7/c1-3-28-7-4-8-29-21-33(60)22-35(42(28)29)43-45(63)44-36(23-51-43)46(58-24-30-12-13-31(25-58)52-30)55-49(54-44)66-27-32-9-6-18-57(32)19-16-41(62)56(2)20-17-50-38-11-5-10-34-37(38)26-59(48(34)65)39-14-15-40(61)53-47(39)64/h1,4-5,7-8,10-11,21-23,30-32,39,50,52,60,63H,6,9,12-20,24-27H2,2H3,(H,53,61,64). The van der Waals surface area contributed by atoms with E-state index in [0.29, 0.717) is 83.2 Å². The van der Waals surface area contributed by atoms with Crippen molar-refractivity contribution < 1.29 is 34.1 Å². The van der Waals surface area contributed by atoms with Gasteiger partial charge in [-0.2, -0.15) is 9.97 Å². The van der Waals surface area contributed by atoms with Crippen LogP contribution in [-0.4, -0.2) is 141 Å². The van der Waals surface area contributed by atoms with Crippen LogP contribution in [0.15, 0.2) is 54.7 Å². The smallest absolute Gasteiger partial charge is 0.319 e. The Kier molecular flexibility index (Phi) is 11.5. The molecular weight excluding hydrogens is 841 g/mol. The van der Waals surface area contributed by atoms with Crippen molar-refractivity contribution in [2.45, 2.75) is 75.7 Å². The second-order valence-corrected chi connectivity index (χ2v) is 18.0. The zero-order chi connectivity index (χ0) is 45.6. The van der Waals surface area contributed by atoms with Gasteiger partial charge in [-0.15, -0.1) is 6.42 Å². The first-order chi connectivity index (χ1) is 32.0. The summed E-state index contributed by atoms with van der Waals surface area (Å²) >= 11 is 0. The summed E-state index contributed by atoms with van der Waals surface area (Å²) in [4.78, 5) is 73.2. The van der Waals surface area contributed by atoms with Crippen LogP contribution < -0.4 is 25.6 Å². The van der Waals surface area contributed by atoms with Gasteiger partial charge in [-0.1, -0.05) is 24.1 Å². The third-order valence-electron chi connectivity index (χ3n) is 13.9. The van der Waals surface area contributed by atoms with Gasteiger partial charge in [-0.3, -0.25) is 34.4 Å². The minimum atomic E-state index is -0.692. The molecule has 5 aliphatic rings. The quantitative estimate of drug-likeness (QED) is 0.0845. The molecule has 5 aliphatic heterocycles. The molecule has 4 atom stereocenters. The predicted octanol–water partition coefficient (Wildman–Crippen LogP) is 3.74. The number of hydrogen-bond acceptors (Lipinski definition) is 14. The molecule has 3 aromatic carbocycles. The molecule has 4 amide bonds. The van der Waals surface area contributed by atoms with Crippen LogP contribution in [0.4, 0.5) is 11.5 Å². The van der Waals surface area contributed by atoms with Crippen LogP contribution in [0.2, 0.25) is 0 Å². The van der Waals surface area contributed by atoms with Crippen molar-refractivity contribution in [1.29, 1.82) is 0 Å². The number of aromatic hydroxyl groups is 2. The summed E-state index contributed by atoms with van der Waals surface area (Å²) in [5.74, 6) is 2.20. The molecule has 0 aliphatic carbocycles. The molecule has 0 radical (unpaired) electrons. The number of phenols is 1. The largest absolute Gasteiger partial charge is 0.508 e. The van der Waals surface area contributed by atoms with Gasteiger partial charge in [0, 0.05) is 117 Å². The van der Waals surface area contributed by atoms with Gasteiger partial charge in [0.2, 0.25) is 17.7 Å². The topological polar surface area (TPSA) is 206 Å².